The minimum absolute atomic E-state index is 0.0149. The summed E-state index contributed by atoms with van der Waals surface area (Å²) in [5.74, 6) is -6.35. The van der Waals surface area contributed by atoms with Gasteiger partial charge in [-0.3, -0.25) is 4.55 Å². The Kier molecular flexibility index (Phi) is 9.22. The average Bonchev–Trinajstić information content (AvgIpc) is 2.58. The fourth-order valence-corrected chi connectivity index (χ4v) is 3.73. The molecule has 9 nitrogen and oxygen atoms in total. The first-order valence-corrected chi connectivity index (χ1v) is 11.0. The number of rotatable bonds is 8. The minimum atomic E-state index is -5.33. The van der Waals surface area contributed by atoms with E-state index in [4.69, 9.17) is 9.29 Å². The molecule has 1 atom stereocenters. The number of carbonyl (C=O) groups is 3. The maximum atomic E-state index is 13.0. The summed E-state index contributed by atoms with van der Waals surface area (Å²) in [5, 5.41) is 0. The van der Waals surface area contributed by atoms with Crippen molar-refractivity contribution in [3.8, 4) is 5.75 Å². The van der Waals surface area contributed by atoms with Crippen molar-refractivity contribution in [2.24, 2.45) is 0 Å². The average molecular weight is 598 g/mol. The molecule has 0 fully saturated rings. The van der Waals surface area contributed by atoms with Crippen LogP contribution < -0.4 is 4.74 Å². The Morgan fingerprint density at radius 3 is 2.29 bits per heavy atom. The van der Waals surface area contributed by atoms with Crippen LogP contribution in [0.2, 0.25) is 0 Å². The van der Waals surface area contributed by atoms with E-state index in [2.05, 4.69) is 47.9 Å². The molecule has 1 unspecified atom stereocenters. The second-order valence-corrected chi connectivity index (χ2v) is 9.05. The van der Waals surface area contributed by atoms with Crippen molar-refractivity contribution in [1.29, 1.82) is 0 Å². The van der Waals surface area contributed by atoms with Gasteiger partial charge in [0.25, 0.3) is 10.1 Å². The Morgan fingerprint density at radius 2 is 1.81 bits per heavy atom. The van der Waals surface area contributed by atoms with E-state index in [1.54, 1.807) is 0 Å². The predicted molar refractivity (Wildman–Crippen MR) is 105 cm³/mol. The molecule has 0 saturated heterocycles. The Labute approximate surface area is 190 Å². The molecule has 0 aliphatic rings. The summed E-state index contributed by atoms with van der Waals surface area (Å²) in [4.78, 5) is 35.6. The lowest BCUT2D eigenvalue weighted by atomic mass is 10.2. The molecule has 0 radical (unpaired) electrons. The topological polar surface area (TPSA) is 133 Å². The molecule has 0 aliphatic heterocycles. The highest BCUT2D eigenvalue weighted by molar-refractivity contribution is 9.11. The largest absolute Gasteiger partial charge is 0.450 e. The van der Waals surface area contributed by atoms with E-state index in [0.29, 0.717) is 0 Å². The van der Waals surface area contributed by atoms with E-state index < -0.39 is 64.0 Å². The first-order valence-electron chi connectivity index (χ1n) is 7.76. The van der Waals surface area contributed by atoms with Crippen LogP contribution in [0, 0.1) is 0 Å². The lowest BCUT2D eigenvalue weighted by Crippen LogP contribution is -2.39. The van der Waals surface area contributed by atoms with E-state index in [0.717, 1.165) is 6.07 Å². The SMILES string of the molecule is C=C(C)C(=O)OCC(=O)Oc1c(Br)cc(Br)cc1C(=O)OC(CS(=O)(=O)O)C(F)(F)F. The zero-order valence-electron chi connectivity index (χ0n) is 15.4. The Morgan fingerprint density at radius 1 is 1.23 bits per heavy atom. The van der Waals surface area contributed by atoms with Gasteiger partial charge in [-0.05, 0) is 35.0 Å². The van der Waals surface area contributed by atoms with Gasteiger partial charge in [0.05, 0.1) is 4.47 Å². The predicted octanol–water partition coefficient (Wildman–Crippen LogP) is 3.21. The Balaban J connectivity index is 3.18. The molecule has 15 heteroatoms. The molecule has 0 heterocycles. The van der Waals surface area contributed by atoms with E-state index in [1.165, 1.54) is 13.0 Å². The number of ether oxygens (including phenoxy) is 3. The maximum absolute atomic E-state index is 13.0. The summed E-state index contributed by atoms with van der Waals surface area (Å²) in [6.07, 6.45) is -8.53. The number of hydrogen-bond donors (Lipinski definition) is 1. The molecule has 172 valence electrons. The van der Waals surface area contributed by atoms with Crippen molar-refractivity contribution >= 4 is 59.9 Å². The van der Waals surface area contributed by atoms with Crippen molar-refractivity contribution in [3.63, 3.8) is 0 Å². The van der Waals surface area contributed by atoms with Gasteiger partial charge >= 0.3 is 24.1 Å². The van der Waals surface area contributed by atoms with Crippen LogP contribution in [0.1, 0.15) is 17.3 Å². The van der Waals surface area contributed by atoms with Gasteiger partial charge in [-0.1, -0.05) is 22.5 Å². The summed E-state index contributed by atoms with van der Waals surface area (Å²) >= 11 is 5.94. The molecule has 0 saturated carbocycles. The molecule has 0 amide bonds. The number of benzene rings is 1. The molecule has 0 bridgehead atoms. The number of alkyl halides is 3. The summed E-state index contributed by atoms with van der Waals surface area (Å²) in [5.41, 5.74) is -0.718. The summed E-state index contributed by atoms with van der Waals surface area (Å²) in [6.45, 7) is 3.71. The zero-order chi connectivity index (χ0) is 24.1. The van der Waals surface area contributed by atoms with Crippen molar-refractivity contribution in [3.05, 3.63) is 38.8 Å². The molecule has 1 aromatic rings. The highest BCUT2D eigenvalue weighted by atomic mass is 79.9. The van der Waals surface area contributed by atoms with E-state index in [9.17, 15) is 36.0 Å². The summed E-state index contributed by atoms with van der Waals surface area (Å²) < 4.78 is 83.2. The molecule has 31 heavy (non-hydrogen) atoms. The van der Waals surface area contributed by atoms with Crippen LogP contribution in [0.25, 0.3) is 0 Å². The van der Waals surface area contributed by atoms with Gasteiger partial charge in [0.15, 0.2) is 12.4 Å². The highest BCUT2D eigenvalue weighted by Gasteiger charge is 2.46. The van der Waals surface area contributed by atoms with Gasteiger partial charge in [-0.25, -0.2) is 14.4 Å². The van der Waals surface area contributed by atoms with Gasteiger partial charge in [0.2, 0.25) is 6.10 Å². The third kappa shape index (κ3) is 8.96. The van der Waals surface area contributed by atoms with Crippen LogP contribution in [0.5, 0.6) is 5.75 Å². The normalized spacial score (nSPS) is 12.6. The molecule has 1 rings (SSSR count). The third-order valence-corrected chi connectivity index (χ3v) is 4.86. The number of halogens is 5. The van der Waals surface area contributed by atoms with E-state index >= 15 is 0 Å². The van der Waals surface area contributed by atoms with Gasteiger partial charge in [-0.15, -0.1) is 0 Å². The van der Waals surface area contributed by atoms with Gasteiger partial charge in [-0.2, -0.15) is 21.6 Å². The van der Waals surface area contributed by atoms with Crippen LogP contribution in [-0.4, -0.2) is 55.5 Å². The summed E-state index contributed by atoms with van der Waals surface area (Å²) in [7, 11) is -5.16. The van der Waals surface area contributed by atoms with Crippen LogP contribution >= 0.6 is 31.9 Å². The van der Waals surface area contributed by atoms with Crippen molar-refractivity contribution in [2.75, 3.05) is 12.4 Å². The van der Waals surface area contributed by atoms with E-state index in [1.807, 2.05) is 0 Å². The van der Waals surface area contributed by atoms with Gasteiger partial charge < -0.3 is 14.2 Å². The molecule has 0 aliphatic carbocycles. The van der Waals surface area contributed by atoms with Crippen LogP contribution in [0.3, 0.4) is 0 Å². The molecular weight excluding hydrogens is 585 g/mol. The van der Waals surface area contributed by atoms with Crippen LogP contribution in [-0.2, 0) is 29.2 Å². The highest BCUT2D eigenvalue weighted by Crippen LogP contribution is 2.35. The van der Waals surface area contributed by atoms with Crippen LogP contribution in [0.4, 0.5) is 13.2 Å². The van der Waals surface area contributed by atoms with Gasteiger partial charge in [0, 0.05) is 10.0 Å². The lowest BCUT2D eigenvalue weighted by molar-refractivity contribution is -0.197. The first kappa shape index (κ1) is 27.1. The minimum Gasteiger partial charge on any atom is -0.450 e. The molecule has 1 aromatic carbocycles. The number of carbonyl (C=O) groups excluding carboxylic acids is 3. The second kappa shape index (κ2) is 10.6. The van der Waals surface area contributed by atoms with Crippen LogP contribution in [0.15, 0.2) is 33.2 Å². The summed E-state index contributed by atoms with van der Waals surface area (Å²) in [6, 6.07) is 2.22. The molecule has 1 N–H and O–H groups in total. The van der Waals surface area contributed by atoms with Gasteiger partial charge in [0.1, 0.15) is 11.3 Å². The fourth-order valence-electron chi connectivity index (χ4n) is 1.79. The Hall–Kier alpha value is -1.97. The smallest absolute Gasteiger partial charge is 0.426 e. The zero-order valence-corrected chi connectivity index (χ0v) is 19.4. The van der Waals surface area contributed by atoms with Crippen molar-refractivity contribution < 1.29 is 54.7 Å². The monoisotopic (exact) mass is 596 g/mol. The molecule has 0 spiro atoms. The molecular formula is C16H13Br2F3O9S. The standard InChI is InChI=1S/C16H13Br2F3O9S/c1-7(2)14(23)28-5-12(22)30-13-9(3-8(17)4-10(13)18)15(24)29-11(16(19,20)21)6-31(25,26)27/h3-4,11H,1,5-6H2,2H3,(H,25,26,27). The number of esters is 3. The number of hydrogen-bond acceptors (Lipinski definition) is 8. The van der Waals surface area contributed by atoms with Crippen molar-refractivity contribution in [1.82, 2.24) is 0 Å². The Bertz CT molecular complexity index is 1010. The fraction of sp³-hybridized carbons (Fsp3) is 0.312. The quantitative estimate of drug-likeness (QED) is 0.207. The van der Waals surface area contributed by atoms with Crippen molar-refractivity contribution in [2.45, 2.75) is 19.2 Å². The maximum Gasteiger partial charge on any atom is 0.426 e. The van der Waals surface area contributed by atoms with E-state index in [-0.39, 0.29) is 14.5 Å². The lowest BCUT2D eigenvalue weighted by Gasteiger charge is -2.20. The third-order valence-electron chi connectivity index (χ3n) is 3.09. The molecule has 0 aromatic heterocycles. The second-order valence-electron chi connectivity index (χ2n) is 5.78. The first-order chi connectivity index (χ1) is 14.0.